The third-order valence-electron chi connectivity index (χ3n) is 1.63. The zero-order valence-electron chi connectivity index (χ0n) is 7.54. The summed E-state index contributed by atoms with van der Waals surface area (Å²) in [7, 11) is -4.34. The second kappa shape index (κ2) is 5.18. The Balaban J connectivity index is 3.95. The molecule has 96 valence electrons. The highest BCUT2D eigenvalue weighted by Gasteiger charge is 2.27. The molecule has 0 aliphatic carbocycles. The van der Waals surface area contributed by atoms with E-state index in [1.165, 1.54) is 0 Å². The fourth-order valence-electron chi connectivity index (χ4n) is 0.988. The number of sulfonamides is 1. The van der Waals surface area contributed by atoms with Crippen molar-refractivity contribution in [2.45, 2.75) is 9.79 Å². The molecule has 1 atom stereocenters. The molecule has 0 aliphatic heterocycles. The minimum atomic E-state index is -4.34. The van der Waals surface area contributed by atoms with Crippen LogP contribution in [0, 0.1) is 0 Å². The van der Waals surface area contributed by atoms with Gasteiger partial charge in [0.1, 0.15) is 4.90 Å². The highest BCUT2D eigenvalue weighted by Crippen LogP contribution is 2.44. The first kappa shape index (κ1) is 15.5. The second-order valence-electron chi connectivity index (χ2n) is 2.69. The average Bonchev–Trinajstić information content (AvgIpc) is 2.11. The molecule has 0 fully saturated rings. The lowest BCUT2D eigenvalue weighted by Gasteiger charge is -2.15. The van der Waals surface area contributed by atoms with Gasteiger partial charge in [0.15, 0.2) is 0 Å². The van der Waals surface area contributed by atoms with Gasteiger partial charge in [-0.2, -0.15) is 0 Å². The normalized spacial score (nSPS) is 13.8. The molecule has 0 radical (unpaired) electrons. The summed E-state index contributed by atoms with van der Waals surface area (Å²) in [5, 5.41) is 2.70. The molecule has 5 nitrogen and oxygen atoms in total. The summed E-state index contributed by atoms with van der Waals surface area (Å²) in [4.78, 5) is -1.46. The molecule has 0 bridgehead atoms. The highest BCUT2D eigenvalue weighted by atomic mass is 35.5. The van der Waals surface area contributed by atoms with Gasteiger partial charge in [-0.1, -0.05) is 46.4 Å². The van der Waals surface area contributed by atoms with Crippen LogP contribution in [0.5, 0.6) is 0 Å². The molecule has 0 aliphatic rings. The number of halogens is 4. The van der Waals surface area contributed by atoms with Crippen molar-refractivity contribution >= 4 is 67.5 Å². The summed E-state index contributed by atoms with van der Waals surface area (Å²) in [6.07, 6.45) is 0. The van der Waals surface area contributed by atoms with Crippen LogP contribution in [-0.4, -0.2) is 17.2 Å². The minimum Gasteiger partial charge on any atom is -0.768 e. The smallest absolute Gasteiger partial charge is 0.241 e. The molecule has 1 aromatic carbocycles. The Bertz CT molecular complexity index is 615. The van der Waals surface area contributed by atoms with Crippen LogP contribution in [0.1, 0.15) is 0 Å². The number of nitrogens with two attached hydrogens (primary N) is 1. The van der Waals surface area contributed by atoms with E-state index in [1.54, 1.807) is 0 Å². The molecule has 1 unspecified atom stereocenters. The van der Waals surface area contributed by atoms with Crippen molar-refractivity contribution < 1.29 is 17.2 Å². The fraction of sp³-hybridized carbons (Fsp3) is 0. The van der Waals surface area contributed by atoms with Crippen LogP contribution in [0.4, 0.5) is 0 Å². The third kappa shape index (κ3) is 2.87. The predicted molar refractivity (Wildman–Crippen MR) is 65.0 cm³/mol. The standard InChI is InChI=1S/C6H3Cl4NO4S2/c7-1-2(8)5(16(12)13)4(10)6(3(1)9)17(11,14)15/h(H,12,13)(H2,11,14,15)/p-1. The van der Waals surface area contributed by atoms with Crippen LogP contribution >= 0.6 is 46.4 Å². The van der Waals surface area contributed by atoms with Crippen molar-refractivity contribution in [3.8, 4) is 0 Å². The molecule has 1 aromatic rings. The fourth-order valence-corrected chi connectivity index (χ4v) is 4.29. The Kier molecular flexibility index (Phi) is 4.71. The number of benzene rings is 1. The molecule has 0 spiro atoms. The summed E-state index contributed by atoms with van der Waals surface area (Å²) < 4.78 is 44.2. The molecule has 17 heavy (non-hydrogen) atoms. The van der Waals surface area contributed by atoms with E-state index < -0.39 is 51.0 Å². The Morgan fingerprint density at radius 2 is 1.47 bits per heavy atom. The van der Waals surface area contributed by atoms with Crippen LogP contribution in [0.25, 0.3) is 0 Å². The van der Waals surface area contributed by atoms with Crippen molar-refractivity contribution in [1.29, 1.82) is 0 Å². The van der Waals surface area contributed by atoms with E-state index in [-0.39, 0.29) is 0 Å². The monoisotopic (exact) mass is 356 g/mol. The van der Waals surface area contributed by atoms with E-state index >= 15 is 0 Å². The summed E-state index contributed by atoms with van der Waals surface area (Å²) in [6, 6.07) is 0. The zero-order valence-corrected chi connectivity index (χ0v) is 12.2. The minimum absolute atomic E-state index is 0.457. The number of hydrogen-bond donors (Lipinski definition) is 1. The van der Waals surface area contributed by atoms with Crippen LogP contribution in [-0.2, 0) is 21.1 Å². The largest absolute Gasteiger partial charge is 0.768 e. The van der Waals surface area contributed by atoms with Gasteiger partial charge in [0.2, 0.25) is 10.0 Å². The summed E-state index contributed by atoms with van der Waals surface area (Å²) >= 11 is 19.5. The molecule has 11 heteroatoms. The maximum absolute atomic E-state index is 11.2. The van der Waals surface area contributed by atoms with Gasteiger partial charge < -0.3 is 4.55 Å². The quantitative estimate of drug-likeness (QED) is 0.498. The van der Waals surface area contributed by atoms with Gasteiger partial charge in [0.05, 0.1) is 25.0 Å². The summed E-state index contributed by atoms with van der Waals surface area (Å²) in [6.45, 7) is 0. The molecule has 1 rings (SSSR count). The molecule has 0 heterocycles. The maximum Gasteiger partial charge on any atom is 0.241 e. The molecule has 0 saturated carbocycles. The van der Waals surface area contributed by atoms with Crippen LogP contribution in [0.2, 0.25) is 20.1 Å². The maximum atomic E-state index is 11.2. The Labute approximate surface area is 119 Å². The first-order chi connectivity index (χ1) is 7.59. The summed E-state index contributed by atoms with van der Waals surface area (Å²) in [5.74, 6) is 0. The molecular formula is C6H2Cl4NO4S2-. The molecule has 2 N–H and O–H groups in total. The molecular weight excluding hydrogens is 356 g/mol. The van der Waals surface area contributed by atoms with Gasteiger partial charge in [-0.25, -0.2) is 13.6 Å². The Morgan fingerprint density at radius 1 is 1.00 bits per heavy atom. The number of primary sulfonamides is 1. The lowest BCUT2D eigenvalue weighted by atomic mass is 10.3. The van der Waals surface area contributed by atoms with E-state index in [0.717, 1.165) is 0 Å². The van der Waals surface area contributed by atoms with E-state index in [2.05, 4.69) is 0 Å². The Hall–Kier alpha value is 0.400. The predicted octanol–water partition coefficient (Wildman–Crippen LogP) is 2.19. The molecule has 0 amide bonds. The van der Waals surface area contributed by atoms with Gasteiger partial charge in [-0.3, -0.25) is 4.21 Å². The van der Waals surface area contributed by atoms with E-state index in [1.807, 2.05) is 0 Å². The van der Waals surface area contributed by atoms with Gasteiger partial charge >= 0.3 is 0 Å². The highest BCUT2D eigenvalue weighted by molar-refractivity contribution is 7.89. The summed E-state index contributed by atoms with van der Waals surface area (Å²) in [5.41, 5.74) is 0. The van der Waals surface area contributed by atoms with Gasteiger partial charge in [0, 0.05) is 0 Å². The van der Waals surface area contributed by atoms with Crippen molar-refractivity contribution in [3.63, 3.8) is 0 Å². The van der Waals surface area contributed by atoms with Crippen molar-refractivity contribution in [2.24, 2.45) is 5.14 Å². The van der Waals surface area contributed by atoms with Gasteiger partial charge in [0.25, 0.3) is 0 Å². The van der Waals surface area contributed by atoms with Crippen molar-refractivity contribution in [1.82, 2.24) is 0 Å². The van der Waals surface area contributed by atoms with Crippen molar-refractivity contribution in [3.05, 3.63) is 20.1 Å². The lowest BCUT2D eigenvalue weighted by molar-refractivity contribution is 0.537. The van der Waals surface area contributed by atoms with Crippen LogP contribution < -0.4 is 5.14 Å². The number of rotatable bonds is 2. The lowest BCUT2D eigenvalue weighted by Crippen LogP contribution is -2.15. The Morgan fingerprint density at radius 3 is 1.82 bits per heavy atom. The molecule has 0 saturated heterocycles. The van der Waals surface area contributed by atoms with Gasteiger partial charge in [-0.15, -0.1) is 0 Å². The van der Waals surface area contributed by atoms with Crippen LogP contribution in [0.15, 0.2) is 9.79 Å². The van der Waals surface area contributed by atoms with E-state index in [9.17, 15) is 17.2 Å². The van der Waals surface area contributed by atoms with Gasteiger partial charge in [-0.05, 0) is 11.1 Å². The van der Waals surface area contributed by atoms with E-state index in [0.29, 0.717) is 0 Å². The molecule has 0 aromatic heterocycles. The first-order valence-electron chi connectivity index (χ1n) is 3.57. The van der Waals surface area contributed by atoms with Crippen molar-refractivity contribution in [2.75, 3.05) is 0 Å². The van der Waals surface area contributed by atoms with Crippen LogP contribution in [0.3, 0.4) is 0 Å². The zero-order chi connectivity index (χ0) is 13.5. The first-order valence-corrected chi connectivity index (χ1v) is 7.70. The third-order valence-corrected chi connectivity index (χ3v) is 5.51. The second-order valence-corrected chi connectivity index (χ2v) is 6.58. The SMILES string of the molecule is NS(=O)(=O)c1c(Cl)c(Cl)c(Cl)c(S(=O)[O-])c1Cl. The average molecular weight is 358 g/mol. The topological polar surface area (TPSA) is 100 Å². The number of hydrogen-bond acceptors (Lipinski definition) is 4. The van der Waals surface area contributed by atoms with E-state index in [4.69, 9.17) is 51.5 Å².